The summed E-state index contributed by atoms with van der Waals surface area (Å²) in [6.07, 6.45) is 15.5. The summed E-state index contributed by atoms with van der Waals surface area (Å²) in [6.45, 7) is 2.15. The van der Waals surface area contributed by atoms with Crippen LogP contribution in [0.3, 0.4) is 0 Å². The second kappa shape index (κ2) is 35.1. The predicted molar refractivity (Wildman–Crippen MR) is 209 cm³/mol. The number of amides is 3. The molecule has 7 N–H and O–H groups in total. The lowest BCUT2D eigenvalue weighted by Crippen LogP contribution is -2.41. The second-order valence-electron chi connectivity index (χ2n) is 13.6. The highest BCUT2D eigenvalue weighted by Gasteiger charge is 2.20. The van der Waals surface area contributed by atoms with Crippen LogP contribution in [0.1, 0.15) is 116 Å². The van der Waals surface area contributed by atoms with Gasteiger partial charge in [0.1, 0.15) is 19.3 Å². The summed E-state index contributed by atoms with van der Waals surface area (Å²) in [4.78, 5) is 63.6. The van der Waals surface area contributed by atoms with E-state index < -0.39 is 18.0 Å². The van der Waals surface area contributed by atoms with Crippen molar-refractivity contribution >= 4 is 29.7 Å². The van der Waals surface area contributed by atoms with Crippen LogP contribution in [0.25, 0.3) is 0 Å². The summed E-state index contributed by atoms with van der Waals surface area (Å²) in [5, 5.41) is 44.9. The highest BCUT2D eigenvalue weighted by Crippen LogP contribution is 2.18. The molecule has 3 amide bonds. The van der Waals surface area contributed by atoms with Gasteiger partial charge in [-0.2, -0.15) is 0 Å². The van der Waals surface area contributed by atoms with Gasteiger partial charge in [-0.1, -0.05) is 77.0 Å². The third-order valence-electron chi connectivity index (χ3n) is 8.70. The van der Waals surface area contributed by atoms with Crippen molar-refractivity contribution in [2.24, 2.45) is 0 Å². The summed E-state index contributed by atoms with van der Waals surface area (Å²) in [5.74, 6) is -3.33. The predicted octanol–water partition coefficient (Wildman–Crippen LogP) is 3.30. The molecule has 0 spiro atoms. The Kier molecular flexibility index (Phi) is 31.3. The number of aromatic hydroxyl groups is 2. The zero-order chi connectivity index (χ0) is 41.8. The van der Waals surface area contributed by atoms with Crippen molar-refractivity contribution in [3.63, 3.8) is 0 Å². The number of carboxylic acids is 2. The molecular formula is C39H68N4O14. The lowest BCUT2D eigenvalue weighted by atomic mass is 10.0. The van der Waals surface area contributed by atoms with Crippen molar-refractivity contribution in [2.45, 2.75) is 122 Å². The first kappa shape index (κ1) is 50.9. The van der Waals surface area contributed by atoms with Crippen molar-refractivity contribution in [3.05, 3.63) is 12.1 Å². The molecule has 0 aliphatic heterocycles. The van der Waals surface area contributed by atoms with Crippen LogP contribution in [0.15, 0.2) is 12.1 Å². The van der Waals surface area contributed by atoms with Crippen molar-refractivity contribution < 1.29 is 68.2 Å². The van der Waals surface area contributed by atoms with E-state index in [1.807, 2.05) is 0 Å². The van der Waals surface area contributed by atoms with Crippen molar-refractivity contribution in [1.82, 2.24) is 20.7 Å². The Bertz CT molecular complexity index is 1210. The SMILES string of the molecule is O=C(O)CCCCCCCCCCCCCCCCC(=O)NC(CCC(=O)NCCOCCOCC(=O)NCCOCCOCCOn1c(O)ccc1O)C(=O)O. The maximum Gasteiger partial charge on any atom is 0.326 e. The van der Waals surface area contributed by atoms with Gasteiger partial charge in [-0.05, 0) is 19.3 Å². The molecule has 18 heteroatoms. The fourth-order valence-corrected chi connectivity index (χ4v) is 5.58. The Balaban J connectivity index is 1.90. The maximum absolute atomic E-state index is 12.3. The number of carbonyl (C=O) groups excluding carboxylic acids is 3. The molecule has 1 rings (SSSR count). The third kappa shape index (κ3) is 30.7. The minimum absolute atomic E-state index is 0.0246. The van der Waals surface area contributed by atoms with Crippen molar-refractivity contribution in [2.75, 3.05) is 72.6 Å². The number of ether oxygens (including phenoxy) is 4. The summed E-state index contributed by atoms with van der Waals surface area (Å²) in [6, 6.07) is 1.45. The highest BCUT2D eigenvalue weighted by molar-refractivity contribution is 5.84. The Hall–Kier alpha value is -4.13. The van der Waals surface area contributed by atoms with Crippen LogP contribution >= 0.6 is 0 Å². The topological polar surface area (TPSA) is 253 Å². The van der Waals surface area contributed by atoms with E-state index in [1.54, 1.807) is 0 Å². The number of carbonyl (C=O) groups is 5. The molecule has 0 fully saturated rings. The Morgan fingerprint density at radius 1 is 0.526 bits per heavy atom. The first-order valence-electron chi connectivity index (χ1n) is 20.4. The number of rotatable bonds is 40. The first-order valence-corrected chi connectivity index (χ1v) is 20.4. The molecule has 1 heterocycles. The fourth-order valence-electron chi connectivity index (χ4n) is 5.58. The van der Waals surface area contributed by atoms with E-state index in [2.05, 4.69) is 16.0 Å². The van der Waals surface area contributed by atoms with Gasteiger partial charge < -0.3 is 60.2 Å². The molecule has 57 heavy (non-hydrogen) atoms. The van der Waals surface area contributed by atoms with E-state index in [0.29, 0.717) is 26.2 Å². The van der Waals surface area contributed by atoms with Crippen molar-refractivity contribution in [3.8, 4) is 11.8 Å². The van der Waals surface area contributed by atoms with E-state index in [0.717, 1.165) is 43.3 Å². The zero-order valence-electron chi connectivity index (χ0n) is 33.6. The van der Waals surface area contributed by atoms with Gasteiger partial charge in [0.15, 0.2) is 0 Å². The van der Waals surface area contributed by atoms with Crippen LogP contribution in [-0.2, 0) is 42.9 Å². The molecule has 0 radical (unpaired) electrons. The van der Waals surface area contributed by atoms with Crippen LogP contribution in [0.4, 0.5) is 0 Å². The average molecular weight is 817 g/mol. The molecule has 0 aliphatic carbocycles. The van der Waals surface area contributed by atoms with Gasteiger partial charge in [-0.3, -0.25) is 19.2 Å². The van der Waals surface area contributed by atoms with E-state index in [9.17, 15) is 39.3 Å². The van der Waals surface area contributed by atoms with E-state index in [4.69, 9.17) is 28.9 Å². The molecule has 18 nitrogen and oxygen atoms in total. The number of unbranched alkanes of at least 4 members (excludes halogenated alkanes) is 13. The standard InChI is InChI=1S/C39H68N4O14/c44-33(18-17-32(39(51)52)42-34(45)15-13-11-9-7-5-3-1-2-4-6-8-10-12-14-16-38(49)50)40-21-23-54-27-28-56-31-35(46)41-22-24-53-25-26-55-29-30-57-43-36(47)19-20-37(43)48/h19-20,32,47-48H,1-18,21-31H2,(H,40,44)(H,41,46)(H,42,45)(H,49,50)(H,51,52). The largest absolute Gasteiger partial charge is 0.492 e. The minimum atomic E-state index is -1.18. The number of nitrogens with zero attached hydrogens (tertiary/aromatic N) is 1. The van der Waals surface area contributed by atoms with Crippen molar-refractivity contribution in [1.29, 1.82) is 0 Å². The average Bonchev–Trinajstić information content (AvgIpc) is 3.50. The Morgan fingerprint density at radius 2 is 0.965 bits per heavy atom. The smallest absolute Gasteiger partial charge is 0.326 e. The van der Waals surface area contributed by atoms with Gasteiger partial charge in [0.2, 0.25) is 29.5 Å². The monoisotopic (exact) mass is 816 g/mol. The zero-order valence-corrected chi connectivity index (χ0v) is 33.6. The van der Waals surface area contributed by atoms with Gasteiger partial charge in [0, 0.05) is 44.5 Å². The molecule has 1 unspecified atom stereocenters. The van der Waals surface area contributed by atoms with Crippen LogP contribution in [0.5, 0.6) is 11.8 Å². The molecule has 0 aromatic carbocycles. The summed E-state index contributed by atoms with van der Waals surface area (Å²) in [7, 11) is 0. The van der Waals surface area contributed by atoms with Crippen LogP contribution in [-0.4, -0.2) is 133 Å². The summed E-state index contributed by atoms with van der Waals surface area (Å²) >= 11 is 0. The molecule has 0 saturated carbocycles. The van der Waals surface area contributed by atoms with Crippen LogP contribution in [0.2, 0.25) is 0 Å². The van der Waals surface area contributed by atoms with Gasteiger partial charge in [-0.25, -0.2) is 4.79 Å². The summed E-state index contributed by atoms with van der Waals surface area (Å²) in [5.41, 5.74) is 0. The Labute approximate surface area is 336 Å². The molecule has 1 atom stereocenters. The number of hydrogen-bond donors (Lipinski definition) is 7. The number of aromatic nitrogens is 1. The number of nitrogens with one attached hydrogen (secondary N) is 3. The normalized spacial score (nSPS) is 11.6. The maximum atomic E-state index is 12.3. The lowest BCUT2D eigenvalue weighted by Gasteiger charge is -2.14. The molecule has 328 valence electrons. The van der Waals surface area contributed by atoms with Crippen LogP contribution < -0.4 is 20.8 Å². The minimum Gasteiger partial charge on any atom is -0.492 e. The molecular weight excluding hydrogens is 748 g/mol. The van der Waals surface area contributed by atoms with Gasteiger partial charge in [0.25, 0.3) is 0 Å². The highest BCUT2D eigenvalue weighted by atomic mass is 16.7. The third-order valence-corrected chi connectivity index (χ3v) is 8.70. The quantitative estimate of drug-likeness (QED) is 0.0470. The molecule has 0 bridgehead atoms. The second-order valence-corrected chi connectivity index (χ2v) is 13.6. The van der Waals surface area contributed by atoms with E-state index >= 15 is 0 Å². The summed E-state index contributed by atoms with van der Waals surface area (Å²) < 4.78 is 22.2. The number of aliphatic carboxylic acids is 2. The Morgan fingerprint density at radius 3 is 1.47 bits per heavy atom. The van der Waals surface area contributed by atoms with Crippen LogP contribution in [0, 0.1) is 0 Å². The van der Waals surface area contributed by atoms with E-state index in [-0.39, 0.29) is 108 Å². The molecule has 1 aromatic heterocycles. The number of carboxylic acid groups (broad SMARTS) is 2. The van der Waals surface area contributed by atoms with Gasteiger partial charge in [-0.15, -0.1) is 4.73 Å². The molecule has 1 aromatic rings. The first-order chi connectivity index (χ1) is 27.6. The molecule has 0 saturated heterocycles. The molecule has 0 aliphatic rings. The fraction of sp³-hybridized carbons (Fsp3) is 0.769. The van der Waals surface area contributed by atoms with Gasteiger partial charge >= 0.3 is 11.9 Å². The van der Waals surface area contributed by atoms with E-state index in [1.165, 1.54) is 57.1 Å². The van der Waals surface area contributed by atoms with Gasteiger partial charge in [0.05, 0.1) is 46.2 Å². The number of hydrogen-bond acceptors (Lipinski definition) is 12. The lowest BCUT2D eigenvalue weighted by molar-refractivity contribution is -0.142.